The Kier molecular flexibility index (Phi) is 6.14. The molecule has 1 unspecified atom stereocenters. The Morgan fingerprint density at radius 2 is 1.93 bits per heavy atom. The van der Waals surface area contributed by atoms with E-state index >= 15 is 0 Å². The summed E-state index contributed by atoms with van der Waals surface area (Å²) in [4.78, 5) is 10.5. The van der Waals surface area contributed by atoms with Crippen LogP contribution < -0.4 is 10.5 Å². The number of anilines is 1. The fraction of sp³-hybridized carbons (Fsp3) is 0.333. The molecule has 3 N–H and O–H groups in total. The number of fused-ring (bicyclic) bond motifs is 1. The molecule has 0 spiro atoms. The van der Waals surface area contributed by atoms with Gasteiger partial charge in [0.1, 0.15) is 0 Å². The fourth-order valence-electron chi connectivity index (χ4n) is 3.40. The van der Waals surface area contributed by atoms with Crippen LogP contribution in [0, 0.1) is 24.0 Å². The Hall–Kier alpha value is -2.16. The predicted octanol–water partition coefficient (Wildman–Crippen LogP) is 3.57. The van der Waals surface area contributed by atoms with Crippen molar-refractivity contribution >= 4 is 33.8 Å². The minimum atomic E-state index is -3.91. The molecule has 9 heteroatoms. The molecular weight excluding hydrogens is 390 g/mol. The van der Waals surface area contributed by atoms with Gasteiger partial charge < -0.3 is 5.73 Å². The fourth-order valence-corrected chi connectivity index (χ4v) is 4.99. The number of nitro groups is 1. The Balaban J connectivity index is 0.00000261. The molecule has 2 aromatic rings. The summed E-state index contributed by atoms with van der Waals surface area (Å²) < 4.78 is 28.7. The number of rotatable bonds is 4. The maximum Gasteiger partial charge on any atom is 0.271 e. The van der Waals surface area contributed by atoms with Gasteiger partial charge in [-0.2, -0.15) is 0 Å². The maximum atomic E-state index is 13.0. The smallest absolute Gasteiger partial charge is 0.271 e. The van der Waals surface area contributed by atoms with Crippen LogP contribution in [0.2, 0.25) is 0 Å². The monoisotopic (exact) mass is 411 g/mol. The zero-order valence-corrected chi connectivity index (χ0v) is 16.7. The van der Waals surface area contributed by atoms with Crippen LogP contribution in [0.4, 0.5) is 11.4 Å². The molecule has 0 saturated carbocycles. The molecule has 1 aliphatic carbocycles. The van der Waals surface area contributed by atoms with Gasteiger partial charge in [-0.3, -0.25) is 10.1 Å². The number of nitrogens with one attached hydrogen (secondary N) is 1. The molecule has 1 atom stereocenters. The summed E-state index contributed by atoms with van der Waals surface area (Å²) in [6, 6.07) is 7.61. The number of sulfonamides is 1. The largest absolute Gasteiger partial charge is 0.399 e. The summed E-state index contributed by atoms with van der Waals surface area (Å²) in [7, 11) is -3.91. The second kappa shape index (κ2) is 7.84. The summed E-state index contributed by atoms with van der Waals surface area (Å²) >= 11 is 0. The van der Waals surface area contributed by atoms with Gasteiger partial charge >= 0.3 is 0 Å². The van der Waals surface area contributed by atoms with Crippen molar-refractivity contribution < 1.29 is 13.3 Å². The number of nitrogen functional groups attached to an aromatic ring is 1. The number of non-ortho nitro benzene ring substituents is 1. The molecule has 0 aromatic heterocycles. The highest BCUT2D eigenvalue weighted by Gasteiger charge is 2.28. The molecule has 0 amide bonds. The quantitative estimate of drug-likeness (QED) is 0.453. The minimum absolute atomic E-state index is 0. The lowest BCUT2D eigenvalue weighted by Crippen LogP contribution is -2.31. The Morgan fingerprint density at radius 1 is 1.22 bits per heavy atom. The molecule has 0 saturated heterocycles. The van der Waals surface area contributed by atoms with E-state index in [1.54, 1.807) is 19.9 Å². The molecule has 0 heterocycles. The van der Waals surface area contributed by atoms with E-state index in [1.165, 1.54) is 6.07 Å². The first-order chi connectivity index (χ1) is 12.2. The third kappa shape index (κ3) is 4.23. The highest BCUT2D eigenvalue weighted by Crippen LogP contribution is 2.33. The molecule has 7 nitrogen and oxygen atoms in total. The van der Waals surface area contributed by atoms with Gasteiger partial charge in [0.25, 0.3) is 5.69 Å². The van der Waals surface area contributed by atoms with Crippen molar-refractivity contribution in [1.82, 2.24) is 4.72 Å². The number of nitro benzene ring substituents is 1. The SMILES string of the molecule is Cc1cc([N+](=O)[O-])cc(S(=O)(=O)NC2CCCc3cc(N)ccc32)c1C.Cl. The van der Waals surface area contributed by atoms with Crippen LogP contribution in [0.25, 0.3) is 0 Å². The van der Waals surface area contributed by atoms with E-state index in [-0.39, 0.29) is 29.0 Å². The number of nitrogens with zero attached hydrogens (tertiary/aromatic N) is 1. The lowest BCUT2D eigenvalue weighted by atomic mass is 9.88. The van der Waals surface area contributed by atoms with E-state index in [1.807, 2.05) is 12.1 Å². The average molecular weight is 412 g/mol. The standard InChI is InChI=1S/C18H21N3O4S.ClH/c1-11-8-15(21(22)23)10-18(12(11)2)26(24,25)20-17-5-3-4-13-9-14(19)6-7-16(13)17;/h6-10,17,20H,3-5,19H2,1-2H3;1H. The Bertz CT molecular complexity index is 992. The number of hydrogen-bond donors (Lipinski definition) is 2. The third-order valence-corrected chi connectivity index (χ3v) is 6.48. The molecule has 146 valence electrons. The van der Waals surface area contributed by atoms with Gasteiger partial charge in [-0.15, -0.1) is 12.4 Å². The number of hydrogen-bond acceptors (Lipinski definition) is 5. The van der Waals surface area contributed by atoms with Crippen LogP contribution in [0.3, 0.4) is 0 Å². The molecule has 0 fully saturated rings. The van der Waals surface area contributed by atoms with Crippen molar-refractivity contribution in [3.8, 4) is 0 Å². The summed E-state index contributed by atoms with van der Waals surface area (Å²) in [6.45, 7) is 3.32. The van der Waals surface area contributed by atoms with Crippen molar-refractivity contribution in [3.63, 3.8) is 0 Å². The molecule has 1 aliphatic rings. The van der Waals surface area contributed by atoms with Gasteiger partial charge in [0, 0.05) is 23.9 Å². The predicted molar refractivity (Wildman–Crippen MR) is 107 cm³/mol. The average Bonchev–Trinajstić information content (AvgIpc) is 2.56. The summed E-state index contributed by atoms with van der Waals surface area (Å²) in [5, 5.41) is 11.1. The first kappa shape index (κ1) is 21.1. The zero-order chi connectivity index (χ0) is 19.1. The van der Waals surface area contributed by atoms with Crippen molar-refractivity contribution in [1.29, 1.82) is 0 Å². The van der Waals surface area contributed by atoms with Gasteiger partial charge in [0.15, 0.2) is 0 Å². The zero-order valence-electron chi connectivity index (χ0n) is 15.1. The molecular formula is C18H22ClN3O4S. The summed E-state index contributed by atoms with van der Waals surface area (Å²) in [5.74, 6) is 0. The number of halogens is 1. The van der Waals surface area contributed by atoms with Crippen molar-refractivity contribution in [3.05, 3.63) is 62.7 Å². The number of benzene rings is 2. The topological polar surface area (TPSA) is 115 Å². The summed E-state index contributed by atoms with van der Waals surface area (Å²) in [5.41, 5.74) is 9.27. The normalized spacial score (nSPS) is 16.3. The lowest BCUT2D eigenvalue weighted by Gasteiger charge is -2.27. The number of aryl methyl sites for hydroxylation is 2. The van der Waals surface area contributed by atoms with E-state index < -0.39 is 14.9 Å². The highest BCUT2D eigenvalue weighted by molar-refractivity contribution is 7.89. The van der Waals surface area contributed by atoms with Crippen LogP contribution in [0.5, 0.6) is 0 Å². The highest BCUT2D eigenvalue weighted by atomic mass is 35.5. The van der Waals surface area contributed by atoms with Crippen LogP contribution in [0.15, 0.2) is 35.2 Å². The molecule has 0 bridgehead atoms. The van der Waals surface area contributed by atoms with Crippen LogP contribution >= 0.6 is 12.4 Å². The Morgan fingerprint density at radius 3 is 2.59 bits per heavy atom. The van der Waals surface area contributed by atoms with Gasteiger partial charge in [0.05, 0.1) is 9.82 Å². The van der Waals surface area contributed by atoms with Gasteiger partial charge in [-0.1, -0.05) is 6.07 Å². The minimum Gasteiger partial charge on any atom is -0.399 e. The van der Waals surface area contributed by atoms with E-state index in [2.05, 4.69) is 4.72 Å². The van der Waals surface area contributed by atoms with Crippen LogP contribution in [-0.2, 0) is 16.4 Å². The second-order valence-corrected chi connectivity index (χ2v) is 8.35. The van der Waals surface area contributed by atoms with Crippen molar-refractivity contribution in [2.45, 2.75) is 44.0 Å². The third-order valence-electron chi connectivity index (χ3n) is 4.88. The van der Waals surface area contributed by atoms with E-state index in [9.17, 15) is 18.5 Å². The van der Waals surface area contributed by atoms with Crippen molar-refractivity contribution in [2.24, 2.45) is 0 Å². The van der Waals surface area contributed by atoms with E-state index in [4.69, 9.17) is 5.73 Å². The molecule has 0 radical (unpaired) electrons. The van der Waals surface area contributed by atoms with Gasteiger partial charge in [-0.25, -0.2) is 13.1 Å². The van der Waals surface area contributed by atoms with Gasteiger partial charge in [-0.05, 0) is 67.5 Å². The first-order valence-corrected chi connectivity index (χ1v) is 9.83. The molecule has 3 rings (SSSR count). The summed E-state index contributed by atoms with van der Waals surface area (Å²) in [6.07, 6.45) is 2.37. The number of nitrogens with two attached hydrogens (primary N) is 1. The van der Waals surface area contributed by atoms with Crippen LogP contribution in [0.1, 0.15) is 41.1 Å². The van der Waals surface area contributed by atoms with E-state index in [0.717, 1.165) is 30.0 Å². The van der Waals surface area contributed by atoms with Gasteiger partial charge in [0.2, 0.25) is 10.0 Å². The first-order valence-electron chi connectivity index (χ1n) is 8.35. The maximum absolute atomic E-state index is 13.0. The van der Waals surface area contributed by atoms with E-state index in [0.29, 0.717) is 23.2 Å². The molecule has 2 aromatic carbocycles. The second-order valence-electron chi connectivity index (χ2n) is 6.67. The van der Waals surface area contributed by atoms with Crippen LogP contribution in [-0.4, -0.2) is 13.3 Å². The van der Waals surface area contributed by atoms with Crippen molar-refractivity contribution in [2.75, 3.05) is 5.73 Å². The molecule has 0 aliphatic heterocycles. The molecule has 27 heavy (non-hydrogen) atoms. The lowest BCUT2D eigenvalue weighted by molar-refractivity contribution is -0.385. The Labute approximate surface area is 164 Å².